The zero-order chi connectivity index (χ0) is 14.1. The van der Waals surface area contributed by atoms with Gasteiger partial charge in [0.2, 0.25) is 0 Å². The normalized spacial score (nSPS) is 12.6. The van der Waals surface area contributed by atoms with Gasteiger partial charge in [-0.05, 0) is 30.7 Å². The summed E-state index contributed by atoms with van der Waals surface area (Å²) in [5.41, 5.74) is 8.91. The smallest absolute Gasteiger partial charge is 0.145 e. The predicted octanol–water partition coefficient (Wildman–Crippen LogP) is 3.62. The number of aryl methyl sites for hydroxylation is 1. The predicted molar refractivity (Wildman–Crippen MR) is 82.3 cm³/mol. The highest BCUT2D eigenvalue weighted by atomic mass is 14.9. The highest BCUT2D eigenvalue weighted by Crippen LogP contribution is 2.27. The van der Waals surface area contributed by atoms with Crippen LogP contribution in [0.25, 0.3) is 22.0 Å². The molecule has 0 saturated carbocycles. The van der Waals surface area contributed by atoms with E-state index in [1.165, 1.54) is 10.8 Å². The molecular weight excluding hydrogens is 246 g/mol. The van der Waals surface area contributed by atoms with Gasteiger partial charge in [0.15, 0.2) is 0 Å². The van der Waals surface area contributed by atoms with Gasteiger partial charge < -0.3 is 5.73 Å². The van der Waals surface area contributed by atoms with Crippen LogP contribution in [0.4, 0.5) is 0 Å². The molecule has 0 saturated heterocycles. The van der Waals surface area contributed by atoms with Gasteiger partial charge in [-0.25, -0.2) is 9.97 Å². The maximum Gasteiger partial charge on any atom is 0.145 e. The molecule has 1 atom stereocenters. The van der Waals surface area contributed by atoms with Crippen LogP contribution in [0.3, 0.4) is 0 Å². The van der Waals surface area contributed by atoms with Crippen LogP contribution >= 0.6 is 0 Å². The minimum atomic E-state index is -0.163. The molecule has 1 unspecified atom stereocenters. The van der Waals surface area contributed by atoms with E-state index in [-0.39, 0.29) is 6.04 Å². The number of nitrogens with two attached hydrogens (primary N) is 1. The van der Waals surface area contributed by atoms with E-state index in [1.54, 1.807) is 0 Å². The van der Waals surface area contributed by atoms with Crippen molar-refractivity contribution in [2.45, 2.75) is 19.9 Å². The van der Waals surface area contributed by atoms with Gasteiger partial charge in [-0.2, -0.15) is 0 Å². The van der Waals surface area contributed by atoms with Gasteiger partial charge in [-0.3, -0.25) is 0 Å². The molecule has 3 aromatic rings. The first-order chi connectivity index (χ1) is 9.65. The highest BCUT2D eigenvalue weighted by Gasteiger charge is 2.10. The maximum atomic E-state index is 5.92. The number of benzene rings is 2. The van der Waals surface area contributed by atoms with Crippen LogP contribution in [0.1, 0.15) is 24.5 Å². The van der Waals surface area contributed by atoms with E-state index in [9.17, 15) is 0 Å². The van der Waals surface area contributed by atoms with Crippen molar-refractivity contribution in [2.75, 3.05) is 0 Å². The van der Waals surface area contributed by atoms with Crippen LogP contribution in [0.15, 0.2) is 48.5 Å². The lowest BCUT2D eigenvalue weighted by Crippen LogP contribution is -2.11. The summed E-state index contributed by atoms with van der Waals surface area (Å²) in [5.74, 6) is 0.688. The average Bonchev–Trinajstić information content (AvgIpc) is 2.46. The lowest BCUT2D eigenvalue weighted by atomic mass is 10.0. The van der Waals surface area contributed by atoms with Crippen LogP contribution in [0, 0.1) is 6.92 Å². The van der Waals surface area contributed by atoms with E-state index >= 15 is 0 Å². The summed E-state index contributed by atoms with van der Waals surface area (Å²) in [5, 5.41) is 2.41. The molecule has 0 amide bonds. The third-order valence-electron chi connectivity index (χ3n) is 3.34. The quantitative estimate of drug-likeness (QED) is 0.768. The van der Waals surface area contributed by atoms with Crippen LogP contribution in [-0.4, -0.2) is 9.97 Å². The summed E-state index contributed by atoms with van der Waals surface area (Å²) >= 11 is 0. The van der Waals surface area contributed by atoms with Crippen molar-refractivity contribution >= 4 is 10.8 Å². The van der Waals surface area contributed by atoms with Crippen LogP contribution in [0.5, 0.6) is 0 Å². The van der Waals surface area contributed by atoms with Gasteiger partial charge in [-0.1, -0.05) is 42.5 Å². The van der Waals surface area contributed by atoms with Gasteiger partial charge in [0, 0.05) is 11.3 Å². The van der Waals surface area contributed by atoms with Gasteiger partial charge in [0.1, 0.15) is 5.82 Å². The van der Waals surface area contributed by atoms with Crippen LogP contribution in [0.2, 0.25) is 0 Å². The van der Waals surface area contributed by atoms with Crippen molar-refractivity contribution in [3.05, 3.63) is 60.0 Å². The fourth-order valence-corrected chi connectivity index (χ4v) is 2.38. The van der Waals surface area contributed by atoms with Crippen LogP contribution < -0.4 is 5.73 Å². The molecule has 20 heavy (non-hydrogen) atoms. The summed E-state index contributed by atoms with van der Waals surface area (Å²) in [6, 6.07) is 16.4. The molecular formula is C17H17N3. The van der Waals surface area contributed by atoms with E-state index in [0.717, 1.165) is 17.0 Å². The molecule has 1 aromatic heterocycles. The number of rotatable bonds is 2. The minimum Gasteiger partial charge on any atom is -0.322 e. The SMILES string of the molecule is Cc1cc(-c2cccc3ccccc23)nc(C(C)N)n1. The summed E-state index contributed by atoms with van der Waals surface area (Å²) in [6.07, 6.45) is 0. The molecule has 2 N–H and O–H groups in total. The summed E-state index contributed by atoms with van der Waals surface area (Å²) in [6.45, 7) is 3.88. The Balaban J connectivity index is 2.25. The van der Waals surface area contributed by atoms with Crippen LogP contribution in [-0.2, 0) is 0 Å². The number of hydrogen-bond acceptors (Lipinski definition) is 3. The van der Waals surface area contributed by atoms with Crippen molar-refractivity contribution in [3.63, 3.8) is 0 Å². The Morgan fingerprint density at radius 2 is 1.75 bits per heavy atom. The number of hydrogen-bond donors (Lipinski definition) is 1. The molecule has 0 radical (unpaired) electrons. The molecule has 2 aromatic carbocycles. The standard InChI is InChI=1S/C17H17N3/c1-11-10-16(20-17(19-11)12(2)18)15-9-5-7-13-6-3-4-8-14(13)15/h3-10,12H,18H2,1-2H3. The Hall–Kier alpha value is -2.26. The topological polar surface area (TPSA) is 51.8 Å². The Kier molecular flexibility index (Phi) is 3.20. The first-order valence-corrected chi connectivity index (χ1v) is 6.74. The zero-order valence-electron chi connectivity index (χ0n) is 11.7. The Morgan fingerprint density at radius 3 is 2.55 bits per heavy atom. The first kappa shape index (κ1) is 12.8. The summed E-state index contributed by atoms with van der Waals surface area (Å²) in [7, 11) is 0. The fraction of sp³-hybridized carbons (Fsp3) is 0.176. The second-order valence-electron chi connectivity index (χ2n) is 5.07. The van der Waals surface area contributed by atoms with Crippen molar-refractivity contribution in [3.8, 4) is 11.3 Å². The van der Waals surface area contributed by atoms with Gasteiger partial charge in [0.25, 0.3) is 0 Å². The summed E-state index contributed by atoms with van der Waals surface area (Å²) in [4.78, 5) is 9.02. The van der Waals surface area contributed by atoms with E-state index in [2.05, 4.69) is 40.3 Å². The van der Waals surface area contributed by atoms with Crippen molar-refractivity contribution in [1.82, 2.24) is 9.97 Å². The van der Waals surface area contributed by atoms with Gasteiger partial charge in [0.05, 0.1) is 11.7 Å². The van der Waals surface area contributed by atoms with Crippen molar-refractivity contribution in [2.24, 2.45) is 5.73 Å². The largest absolute Gasteiger partial charge is 0.322 e. The minimum absolute atomic E-state index is 0.163. The highest BCUT2D eigenvalue weighted by molar-refractivity contribution is 5.95. The fourth-order valence-electron chi connectivity index (χ4n) is 2.38. The lowest BCUT2D eigenvalue weighted by Gasteiger charge is -2.10. The molecule has 0 bridgehead atoms. The Bertz CT molecular complexity index is 758. The second kappa shape index (κ2) is 5.02. The van der Waals surface area contributed by atoms with Crippen molar-refractivity contribution < 1.29 is 0 Å². The lowest BCUT2D eigenvalue weighted by molar-refractivity contribution is 0.735. The second-order valence-corrected chi connectivity index (χ2v) is 5.07. The third kappa shape index (κ3) is 2.28. The zero-order valence-corrected chi connectivity index (χ0v) is 11.7. The molecule has 0 aliphatic heterocycles. The van der Waals surface area contributed by atoms with Crippen molar-refractivity contribution in [1.29, 1.82) is 0 Å². The molecule has 0 spiro atoms. The van der Waals surface area contributed by atoms with E-state index in [0.29, 0.717) is 5.82 Å². The average molecular weight is 263 g/mol. The molecule has 0 aliphatic rings. The first-order valence-electron chi connectivity index (χ1n) is 6.74. The van der Waals surface area contributed by atoms with E-state index < -0.39 is 0 Å². The molecule has 100 valence electrons. The number of nitrogens with zero attached hydrogens (tertiary/aromatic N) is 2. The number of fused-ring (bicyclic) bond motifs is 1. The van der Waals surface area contributed by atoms with Gasteiger partial charge in [-0.15, -0.1) is 0 Å². The third-order valence-corrected chi connectivity index (χ3v) is 3.34. The van der Waals surface area contributed by atoms with E-state index in [4.69, 9.17) is 5.73 Å². The van der Waals surface area contributed by atoms with E-state index in [1.807, 2.05) is 32.0 Å². The molecule has 0 fully saturated rings. The number of aromatic nitrogens is 2. The molecule has 3 nitrogen and oxygen atoms in total. The molecule has 3 rings (SSSR count). The van der Waals surface area contributed by atoms with Gasteiger partial charge >= 0.3 is 0 Å². The maximum absolute atomic E-state index is 5.92. The monoisotopic (exact) mass is 263 g/mol. The molecule has 0 aliphatic carbocycles. The molecule has 1 heterocycles. The Morgan fingerprint density at radius 1 is 1.00 bits per heavy atom. The Labute approximate surface area is 118 Å². The molecule has 3 heteroatoms. The summed E-state index contributed by atoms with van der Waals surface area (Å²) < 4.78 is 0.